The van der Waals surface area contributed by atoms with E-state index < -0.39 is 0 Å². The maximum absolute atomic E-state index is 6.38. The lowest BCUT2D eigenvalue weighted by Gasteiger charge is -2.22. The molecular weight excluding hydrogens is 360 g/mol. The van der Waals surface area contributed by atoms with Gasteiger partial charge in [-0.3, -0.25) is 0 Å². The summed E-state index contributed by atoms with van der Waals surface area (Å²) >= 11 is 0. The molecule has 4 nitrogen and oxygen atoms in total. The van der Waals surface area contributed by atoms with Crippen molar-refractivity contribution in [1.29, 1.82) is 0 Å². The van der Waals surface area contributed by atoms with E-state index in [1.54, 1.807) is 0 Å². The molecule has 2 aromatic rings. The van der Waals surface area contributed by atoms with Crippen LogP contribution in [0.2, 0.25) is 0 Å². The Morgan fingerprint density at radius 1 is 0.724 bits per heavy atom. The Labute approximate surface area is 176 Å². The van der Waals surface area contributed by atoms with Crippen molar-refractivity contribution in [2.24, 2.45) is 0 Å². The van der Waals surface area contributed by atoms with E-state index in [-0.39, 0.29) is 0 Å². The van der Waals surface area contributed by atoms with Gasteiger partial charge in [0.1, 0.15) is 13.2 Å². The first-order valence-corrected chi connectivity index (χ1v) is 11.2. The summed E-state index contributed by atoms with van der Waals surface area (Å²) < 4.78 is 12.6. The van der Waals surface area contributed by atoms with Gasteiger partial charge >= 0.3 is 0 Å². The minimum absolute atomic E-state index is 0.680. The van der Waals surface area contributed by atoms with Crippen LogP contribution >= 0.6 is 0 Å². The smallest absolute Gasteiger partial charge is 0.165 e. The molecule has 0 spiro atoms. The molecule has 0 aromatic heterocycles. The summed E-state index contributed by atoms with van der Waals surface area (Å²) in [5, 5.41) is 0. The molecule has 0 saturated carbocycles. The number of ether oxygens (including phenoxy) is 2. The predicted octanol–water partition coefficient (Wildman–Crippen LogP) is 4.70. The number of hydrogen-bond donors (Lipinski definition) is 0. The van der Waals surface area contributed by atoms with E-state index in [9.17, 15) is 0 Å². The Morgan fingerprint density at radius 3 is 2.00 bits per heavy atom. The zero-order chi connectivity index (χ0) is 20.6. The fourth-order valence-corrected chi connectivity index (χ4v) is 4.07. The van der Waals surface area contributed by atoms with Gasteiger partial charge in [0, 0.05) is 25.1 Å². The second kappa shape index (κ2) is 10.7. The highest BCUT2D eigenvalue weighted by molar-refractivity contribution is 5.80. The summed E-state index contributed by atoms with van der Waals surface area (Å²) in [5.74, 6) is 1.81. The third kappa shape index (κ3) is 5.12. The van der Waals surface area contributed by atoms with Crippen molar-refractivity contribution in [2.45, 2.75) is 34.1 Å². The van der Waals surface area contributed by atoms with Crippen molar-refractivity contribution in [1.82, 2.24) is 9.80 Å². The lowest BCUT2D eigenvalue weighted by molar-refractivity contribution is 0.198. The third-order valence-electron chi connectivity index (χ3n) is 6.01. The van der Waals surface area contributed by atoms with Gasteiger partial charge in [0.05, 0.1) is 0 Å². The molecule has 0 fully saturated rings. The molecule has 4 heteroatoms. The van der Waals surface area contributed by atoms with Gasteiger partial charge in [-0.05, 0) is 48.9 Å². The summed E-state index contributed by atoms with van der Waals surface area (Å²) in [4.78, 5) is 4.77. The minimum Gasteiger partial charge on any atom is -0.488 e. The number of likely N-dealkylation sites (N-methyl/N-ethyl adjacent to an activating group) is 2. The Balaban J connectivity index is 1.79. The molecule has 0 amide bonds. The average Bonchev–Trinajstić information content (AvgIpc) is 3.14. The average molecular weight is 397 g/mol. The molecule has 0 N–H and O–H groups in total. The normalized spacial score (nSPS) is 12.3. The van der Waals surface area contributed by atoms with Gasteiger partial charge in [0.2, 0.25) is 0 Å². The molecule has 0 atom stereocenters. The third-order valence-corrected chi connectivity index (χ3v) is 6.01. The summed E-state index contributed by atoms with van der Waals surface area (Å²) in [6.45, 7) is 16.2. The van der Waals surface area contributed by atoms with Gasteiger partial charge in [-0.2, -0.15) is 0 Å². The number of benzene rings is 2. The number of rotatable bonds is 12. The second-order valence-corrected chi connectivity index (χ2v) is 7.50. The largest absolute Gasteiger partial charge is 0.488 e. The summed E-state index contributed by atoms with van der Waals surface area (Å²) in [5.41, 5.74) is 5.25. The zero-order valence-corrected chi connectivity index (χ0v) is 18.5. The van der Waals surface area contributed by atoms with Crippen LogP contribution < -0.4 is 9.47 Å². The van der Waals surface area contributed by atoms with Crippen molar-refractivity contribution in [3.8, 4) is 22.6 Å². The SMILES string of the molecule is CCN(CC)CCOc1ccc2c(c1OCCN(CC)CC)Cc1ccccc1-2. The first-order valence-electron chi connectivity index (χ1n) is 11.2. The van der Waals surface area contributed by atoms with Gasteiger partial charge in [-0.1, -0.05) is 58.0 Å². The van der Waals surface area contributed by atoms with E-state index in [0.29, 0.717) is 13.2 Å². The van der Waals surface area contributed by atoms with Crippen LogP contribution in [-0.4, -0.2) is 62.3 Å². The molecule has 1 aliphatic carbocycles. The molecule has 0 unspecified atom stereocenters. The first kappa shape index (κ1) is 21.7. The van der Waals surface area contributed by atoms with Crippen LogP contribution in [0.15, 0.2) is 36.4 Å². The van der Waals surface area contributed by atoms with Gasteiger partial charge in [0.25, 0.3) is 0 Å². The minimum atomic E-state index is 0.680. The van der Waals surface area contributed by atoms with Crippen molar-refractivity contribution < 1.29 is 9.47 Å². The highest BCUT2D eigenvalue weighted by Gasteiger charge is 2.24. The molecule has 1 aliphatic rings. The molecule has 0 saturated heterocycles. The van der Waals surface area contributed by atoms with E-state index >= 15 is 0 Å². The standard InChI is InChI=1S/C25H36N2O2/c1-5-26(6-2)15-17-28-24-14-13-22-21-12-10-9-11-20(21)19-23(22)25(24)29-18-16-27(7-3)8-4/h9-14H,5-8,15-19H2,1-4H3. The zero-order valence-electron chi connectivity index (χ0n) is 18.5. The van der Waals surface area contributed by atoms with Crippen LogP contribution in [0.5, 0.6) is 11.5 Å². The number of fused-ring (bicyclic) bond motifs is 3. The first-order chi connectivity index (χ1) is 14.2. The fourth-order valence-electron chi connectivity index (χ4n) is 4.07. The van der Waals surface area contributed by atoms with Gasteiger partial charge in [-0.25, -0.2) is 0 Å². The molecule has 158 valence electrons. The van der Waals surface area contributed by atoms with E-state index in [4.69, 9.17) is 9.47 Å². The van der Waals surface area contributed by atoms with Crippen molar-refractivity contribution in [3.05, 3.63) is 47.5 Å². The van der Waals surface area contributed by atoms with Crippen molar-refractivity contribution in [2.75, 3.05) is 52.5 Å². The molecular formula is C25H36N2O2. The number of nitrogens with zero attached hydrogens (tertiary/aromatic N) is 2. The Kier molecular flexibility index (Phi) is 7.96. The highest BCUT2D eigenvalue weighted by atomic mass is 16.5. The molecule has 2 aromatic carbocycles. The van der Waals surface area contributed by atoms with E-state index in [1.165, 1.54) is 22.3 Å². The summed E-state index contributed by atoms with van der Waals surface area (Å²) in [7, 11) is 0. The van der Waals surface area contributed by atoms with Crippen LogP contribution in [-0.2, 0) is 6.42 Å². The van der Waals surface area contributed by atoms with E-state index in [2.05, 4.69) is 73.9 Å². The second-order valence-electron chi connectivity index (χ2n) is 7.50. The maximum Gasteiger partial charge on any atom is 0.165 e. The molecule has 3 rings (SSSR count). The Bertz CT molecular complexity index is 782. The van der Waals surface area contributed by atoms with Gasteiger partial charge in [-0.15, -0.1) is 0 Å². The van der Waals surface area contributed by atoms with Crippen LogP contribution in [0.4, 0.5) is 0 Å². The fraction of sp³-hybridized carbons (Fsp3) is 0.520. The Morgan fingerprint density at radius 2 is 1.34 bits per heavy atom. The quantitative estimate of drug-likeness (QED) is 0.443. The lowest BCUT2D eigenvalue weighted by Crippen LogP contribution is -2.28. The van der Waals surface area contributed by atoms with E-state index in [0.717, 1.165) is 57.2 Å². The summed E-state index contributed by atoms with van der Waals surface area (Å²) in [6.07, 6.45) is 0.916. The van der Waals surface area contributed by atoms with Gasteiger partial charge < -0.3 is 19.3 Å². The topological polar surface area (TPSA) is 24.9 Å². The molecule has 0 radical (unpaired) electrons. The highest BCUT2D eigenvalue weighted by Crippen LogP contribution is 2.45. The van der Waals surface area contributed by atoms with Crippen LogP contribution in [0.1, 0.15) is 38.8 Å². The summed E-state index contributed by atoms with van der Waals surface area (Å²) in [6, 6.07) is 13.0. The Hall–Kier alpha value is -2.04. The van der Waals surface area contributed by atoms with Crippen LogP contribution in [0.25, 0.3) is 11.1 Å². The molecule has 29 heavy (non-hydrogen) atoms. The van der Waals surface area contributed by atoms with Crippen LogP contribution in [0, 0.1) is 0 Å². The predicted molar refractivity (Wildman–Crippen MR) is 121 cm³/mol. The molecule has 0 heterocycles. The molecule has 0 aliphatic heterocycles. The monoisotopic (exact) mass is 396 g/mol. The number of hydrogen-bond acceptors (Lipinski definition) is 4. The maximum atomic E-state index is 6.38. The lowest BCUT2D eigenvalue weighted by atomic mass is 10.1. The van der Waals surface area contributed by atoms with Crippen molar-refractivity contribution in [3.63, 3.8) is 0 Å². The molecule has 0 bridgehead atoms. The van der Waals surface area contributed by atoms with E-state index in [1.807, 2.05) is 0 Å². The van der Waals surface area contributed by atoms with Gasteiger partial charge in [0.15, 0.2) is 11.5 Å². The van der Waals surface area contributed by atoms with Crippen molar-refractivity contribution >= 4 is 0 Å². The van der Waals surface area contributed by atoms with Crippen LogP contribution in [0.3, 0.4) is 0 Å².